The highest BCUT2D eigenvalue weighted by Crippen LogP contribution is 2.26. The van der Waals surface area contributed by atoms with Crippen molar-refractivity contribution in [2.45, 2.75) is 352 Å². The number of hydrogen-bond donors (Lipinski definition) is 6. The molecule has 6 N–H and O–H groups in total. The molecule has 0 spiro atoms. The van der Waals surface area contributed by atoms with Crippen molar-refractivity contribution in [1.29, 1.82) is 0 Å². The number of ether oxygens (including phenoxy) is 3. The van der Waals surface area contributed by atoms with Crippen LogP contribution in [0.2, 0.25) is 0 Å². The van der Waals surface area contributed by atoms with Crippen LogP contribution in [0.1, 0.15) is 303 Å². The maximum Gasteiger partial charge on any atom is 0.306 e. The van der Waals surface area contributed by atoms with Gasteiger partial charge in [-0.2, -0.15) is 0 Å². The third kappa shape index (κ3) is 48.5. The molecule has 0 aromatic rings. The van der Waals surface area contributed by atoms with Crippen molar-refractivity contribution < 1.29 is 49.3 Å². The Balaban J connectivity index is 2.56. The fourth-order valence-corrected chi connectivity index (χ4v) is 10.7. The quantitative estimate of drug-likeness (QED) is 0.0195. The lowest BCUT2D eigenvalue weighted by Gasteiger charge is -2.41. The van der Waals surface area contributed by atoms with Crippen LogP contribution in [0, 0.1) is 0 Å². The molecule has 0 aromatic carbocycles. The predicted molar refractivity (Wildman–Crippen MR) is 361 cm³/mol. The van der Waals surface area contributed by atoms with E-state index in [0.29, 0.717) is 12.8 Å². The number of allylic oxidation sites excluding steroid dienone is 15. The summed E-state index contributed by atoms with van der Waals surface area (Å²) in [7, 11) is 0. The van der Waals surface area contributed by atoms with E-state index in [1.165, 1.54) is 148 Å². The molecule has 1 heterocycles. The lowest BCUT2D eigenvalue weighted by molar-refractivity contribution is -0.305. The van der Waals surface area contributed by atoms with Crippen molar-refractivity contribution in [2.75, 3.05) is 13.2 Å². The number of esters is 1. The first-order chi connectivity index (χ1) is 42.2. The van der Waals surface area contributed by atoms with Gasteiger partial charge in [0.1, 0.15) is 24.4 Å². The molecule has 1 aliphatic heterocycles. The number of aliphatic hydroxyl groups excluding tert-OH is 5. The number of hydrogen-bond acceptors (Lipinski definition) is 10. The number of nitrogens with one attached hydrogen (secondary N) is 1. The minimum Gasteiger partial charge on any atom is -0.454 e. The van der Waals surface area contributed by atoms with Crippen molar-refractivity contribution in [2.24, 2.45) is 0 Å². The van der Waals surface area contributed by atoms with Crippen LogP contribution in [0.4, 0.5) is 0 Å². The molecule has 0 aromatic heterocycles. The summed E-state index contributed by atoms with van der Waals surface area (Å²) in [5.41, 5.74) is 0. The topological polar surface area (TPSA) is 175 Å². The Morgan fingerprint density at radius 2 is 0.837 bits per heavy atom. The average molecular weight is 1210 g/mol. The predicted octanol–water partition coefficient (Wildman–Crippen LogP) is 18.2. The third-order valence-electron chi connectivity index (χ3n) is 16.2. The van der Waals surface area contributed by atoms with Gasteiger partial charge in [-0.3, -0.25) is 9.59 Å². The first-order valence-electron chi connectivity index (χ1n) is 35.5. The molecular formula is C75H131NO10. The minimum atomic E-state index is -1.62. The zero-order valence-corrected chi connectivity index (χ0v) is 55.2. The van der Waals surface area contributed by atoms with E-state index >= 15 is 0 Å². The Morgan fingerprint density at radius 3 is 1.28 bits per heavy atom. The molecule has 1 aliphatic rings. The SMILES string of the molecule is CC/C=C\C/C=C\C/C=C\C/C=C\C/C=C\CCCCCCCCCCCCCC(=O)OC1C(OCC(NC(=O)C(O)CCCCCCCCCC/C=C\C/C=C\CCCCC)C(O)/C=C/CCCCCCCCCCCC)OC(CO)C(O)C1O. The highest BCUT2D eigenvalue weighted by atomic mass is 16.7. The number of amides is 1. The molecule has 0 saturated carbocycles. The number of unbranched alkanes of at least 4 members (excludes halogenated alkanes) is 32. The van der Waals surface area contributed by atoms with E-state index in [1.54, 1.807) is 6.08 Å². The highest BCUT2D eigenvalue weighted by Gasteiger charge is 2.47. The fraction of sp³-hybridized carbons (Fsp3) is 0.760. The molecule has 8 atom stereocenters. The second kappa shape index (κ2) is 61.8. The Morgan fingerprint density at radius 1 is 0.465 bits per heavy atom. The number of rotatable bonds is 60. The molecule has 1 fully saturated rings. The summed E-state index contributed by atoms with van der Waals surface area (Å²) >= 11 is 0. The van der Waals surface area contributed by atoms with Gasteiger partial charge in [-0.25, -0.2) is 0 Å². The number of carbonyl (C=O) groups excluding carboxylic acids is 2. The minimum absolute atomic E-state index is 0.115. The van der Waals surface area contributed by atoms with Gasteiger partial charge in [-0.1, -0.05) is 291 Å². The van der Waals surface area contributed by atoms with Crippen LogP contribution < -0.4 is 5.32 Å². The normalized spacial score (nSPS) is 18.9. The summed E-state index contributed by atoms with van der Waals surface area (Å²) in [5.74, 6) is -1.20. The van der Waals surface area contributed by atoms with Gasteiger partial charge < -0.3 is 45.1 Å². The summed E-state index contributed by atoms with van der Waals surface area (Å²) in [6, 6.07) is -1.03. The van der Waals surface area contributed by atoms with Gasteiger partial charge in [0.05, 0.1) is 25.4 Å². The molecule has 1 rings (SSSR count). The van der Waals surface area contributed by atoms with Crippen LogP contribution in [0.5, 0.6) is 0 Å². The molecule has 1 saturated heterocycles. The summed E-state index contributed by atoms with van der Waals surface area (Å²) in [5, 5.41) is 57.2. The zero-order chi connectivity index (χ0) is 62.4. The lowest BCUT2D eigenvalue weighted by atomic mass is 9.99. The van der Waals surface area contributed by atoms with Gasteiger partial charge in [0.25, 0.3) is 0 Å². The summed E-state index contributed by atoms with van der Waals surface area (Å²) in [6.07, 6.45) is 73.0. The molecule has 1 amide bonds. The van der Waals surface area contributed by atoms with Gasteiger partial charge in [0, 0.05) is 6.42 Å². The van der Waals surface area contributed by atoms with Crippen LogP contribution in [-0.2, 0) is 23.8 Å². The fourth-order valence-electron chi connectivity index (χ4n) is 10.7. The molecule has 8 unspecified atom stereocenters. The smallest absolute Gasteiger partial charge is 0.306 e. The Labute approximate surface area is 526 Å². The van der Waals surface area contributed by atoms with Gasteiger partial charge in [-0.05, 0) is 103 Å². The second-order valence-electron chi connectivity index (χ2n) is 24.2. The molecule has 0 aliphatic carbocycles. The van der Waals surface area contributed by atoms with Crippen molar-refractivity contribution in [1.82, 2.24) is 5.32 Å². The van der Waals surface area contributed by atoms with Crippen LogP contribution in [0.25, 0.3) is 0 Å². The van der Waals surface area contributed by atoms with Crippen LogP contribution in [0.3, 0.4) is 0 Å². The number of aliphatic hydroxyl groups is 5. The zero-order valence-electron chi connectivity index (χ0n) is 55.2. The van der Waals surface area contributed by atoms with Gasteiger partial charge in [-0.15, -0.1) is 0 Å². The van der Waals surface area contributed by atoms with E-state index in [2.05, 4.69) is 111 Å². The van der Waals surface area contributed by atoms with Crippen molar-refractivity contribution in [3.63, 3.8) is 0 Å². The maximum absolute atomic E-state index is 13.5. The van der Waals surface area contributed by atoms with Gasteiger partial charge in [0.2, 0.25) is 5.91 Å². The molecule has 0 radical (unpaired) electrons. The molecule has 11 nitrogen and oxygen atoms in total. The molecule has 86 heavy (non-hydrogen) atoms. The summed E-state index contributed by atoms with van der Waals surface area (Å²) in [6.45, 7) is 5.67. The molecule has 0 bridgehead atoms. The monoisotopic (exact) mass is 1210 g/mol. The van der Waals surface area contributed by atoms with Gasteiger partial charge >= 0.3 is 5.97 Å². The standard InChI is InChI=1S/C75H131NO10/c1-4-7-10-13-16-19-22-25-27-29-31-32-33-34-35-36-37-38-39-41-43-45-48-51-54-57-60-63-70(80)86-73-72(82)71(81)69(64-77)85-75(73)84-65-66(67(78)61-58-55-52-49-46-24-21-18-15-12-9-6-3)76-74(83)68(79)62-59-56-53-50-47-44-42-40-30-28-26-23-20-17-14-11-8-5-2/h7,10,16-17,19-20,25-28,31-32,34-35,58,61,66-69,71-73,75,77-79,81-82H,4-6,8-9,11-15,18,21-24,29-30,33,36-57,59-60,62-65H2,1-3H3,(H,76,83)/b10-7-,19-16-,20-17-,27-25-,28-26-,32-31-,35-34-,61-58+. The van der Waals surface area contributed by atoms with E-state index in [4.69, 9.17) is 14.2 Å². The molecule has 11 heteroatoms. The Bertz CT molecular complexity index is 1770. The molecular weight excluding hydrogens is 1070 g/mol. The van der Waals surface area contributed by atoms with Crippen molar-refractivity contribution in [3.05, 3.63) is 97.2 Å². The van der Waals surface area contributed by atoms with Crippen molar-refractivity contribution >= 4 is 11.9 Å². The largest absolute Gasteiger partial charge is 0.454 e. The second-order valence-corrected chi connectivity index (χ2v) is 24.2. The summed E-state index contributed by atoms with van der Waals surface area (Å²) < 4.78 is 17.7. The summed E-state index contributed by atoms with van der Waals surface area (Å²) in [4.78, 5) is 26.7. The average Bonchev–Trinajstić information content (AvgIpc) is 2.65. The van der Waals surface area contributed by atoms with Gasteiger partial charge in [0.15, 0.2) is 12.4 Å². The van der Waals surface area contributed by atoms with Crippen LogP contribution >= 0.6 is 0 Å². The van der Waals surface area contributed by atoms with E-state index in [9.17, 15) is 35.1 Å². The Hall–Kier alpha value is -3.42. The highest BCUT2D eigenvalue weighted by molar-refractivity contribution is 5.80. The molecule has 496 valence electrons. The maximum atomic E-state index is 13.5. The number of carbonyl (C=O) groups is 2. The van der Waals surface area contributed by atoms with E-state index in [-0.39, 0.29) is 19.4 Å². The lowest BCUT2D eigenvalue weighted by Crippen LogP contribution is -2.61. The van der Waals surface area contributed by atoms with E-state index in [0.717, 1.165) is 109 Å². The third-order valence-corrected chi connectivity index (χ3v) is 16.2. The Kier molecular flexibility index (Phi) is 57.9. The first kappa shape index (κ1) is 80.6. The van der Waals surface area contributed by atoms with E-state index < -0.39 is 67.4 Å². The van der Waals surface area contributed by atoms with Crippen molar-refractivity contribution in [3.8, 4) is 0 Å². The van der Waals surface area contributed by atoms with E-state index in [1.807, 2.05) is 6.08 Å². The first-order valence-corrected chi connectivity index (χ1v) is 35.5. The van der Waals surface area contributed by atoms with Crippen LogP contribution in [-0.4, -0.2) is 99.6 Å². The van der Waals surface area contributed by atoms with Crippen LogP contribution in [0.15, 0.2) is 97.2 Å².